The highest BCUT2D eigenvalue weighted by Crippen LogP contribution is 2.33. The van der Waals surface area contributed by atoms with Crippen LogP contribution in [0.1, 0.15) is 35.1 Å². The van der Waals surface area contributed by atoms with Gasteiger partial charge in [-0.3, -0.25) is 0 Å². The molecule has 0 fully saturated rings. The number of hydrogen-bond donors (Lipinski definition) is 1. The molecule has 0 aliphatic carbocycles. The van der Waals surface area contributed by atoms with Crippen molar-refractivity contribution >= 4 is 0 Å². The van der Waals surface area contributed by atoms with Crippen molar-refractivity contribution in [2.45, 2.75) is 26.7 Å². The third-order valence-corrected chi connectivity index (χ3v) is 3.24. The van der Waals surface area contributed by atoms with Crippen molar-refractivity contribution in [3.05, 3.63) is 64.7 Å². The molecule has 0 amide bonds. The van der Waals surface area contributed by atoms with Gasteiger partial charge in [-0.2, -0.15) is 0 Å². The number of benzene rings is 2. The van der Waals surface area contributed by atoms with E-state index in [1.807, 2.05) is 31.2 Å². The Morgan fingerprint density at radius 2 is 1.65 bits per heavy atom. The molecule has 0 unspecified atom stereocenters. The fraction of sp³-hybridized carbons (Fsp3) is 0.250. The lowest BCUT2D eigenvalue weighted by Crippen LogP contribution is -1.98. The van der Waals surface area contributed by atoms with Gasteiger partial charge in [0.05, 0.1) is 0 Å². The molecule has 2 aromatic rings. The second-order valence-electron chi connectivity index (χ2n) is 4.65. The first-order valence-corrected chi connectivity index (χ1v) is 5.94. The van der Waals surface area contributed by atoms with Crippen LogP contribution >= 0.6 is 0 Å². The van der Waals surface area contributed by atoms with Gasteiger partial charge in [0, 0.05) is 11.5 Å². The smallest absolute Gasteiger partial charge is 0.122 e. The third-order valence-electron chi connectivity index (χ3n) is 3.24. The molecule has 1 atom stereocenters. The zero-order chi connectivity index (χ0) is 12.4. The monoisotopic (exact) mass is 226 g/mol. The van der Waals surface area contributed by atoms with Crippen LogP contribution < -0.4 is 0 Å². The highest BCUT2D eigenvalue weighted by molar-refractivity contribution is 5.47. The van der Waals surface area contributed by atoms with E-state index < -0.39 is 0 Å². The van der Waals surface area contributed by atoms with E-state index in [4.69, 9.17) is 0 Å². The summed E-state index contributed by atoms with van der Waals surface area (Å²) in [5, 5.41) is 10.2. The fourth-order valence-electron chi connectivity index (χ4n) is 2.24. The molecule has 2 aromatic carbocycles. The molecule has 0 aliphatic heterocycles. The Labute approximate surface area is 103 Å². The minimum Gasteiger partial charge on any atom is -0.507 e. The van der Waals surface area contributed by atoms with E-state index in [-0.39, 0.29) is 5.92 Å². The lowest BCUT2D eigenvalue weighted by molar-refractivity contribution is 0.461. The van der Waals surface area contributed by atoms with Crippen LogP contribution in [0.3, 0.4) is 0 Å². The Bertz CT molecular complexity index is 515. The molecule has 0 bridgehead atoms. The lowest BCUT2D eigenvalue weighted by atomic mass is 9.90. The van der Waals surface area contributed by atoms with Crippen LogP contribution in [-0.2, 0) is 0 Å². The summed E-state index contributed by atoms with van der Waals surface area (Å²) in [5.41, 5.74) is 4.38. The molecule has 1 N–H and O–H groups in total. The molecule has 0 radical (unpaired) electrons. The highest BCUT2D eigenvalue weighted by atomic mass is 16.3. The van der Waals surface area contributed by atoms with Gasteiger partial charge in [0.2, 0.25) is 0 Å². The third kappa shape index (κ3) is 2.33. The van der Waals surface area contributed by atoms with Crippen molar-refractivity contribution in [1.29, 1.82) is 0 Å². The molecule has 0 heterocycles. The number of phenols is 1. The van der Waals surface area contributed by atoms with E-state index in [9.17, 15) is 5.11 Å². The van der Waals surface area contributed by atoms with Crippen LogP contribution in [0.4, 0.5) is 0 Å². The maximum Gasteiger partial charge on any atom is 0.122 e. The van der Waals surface area contributed by atoms with E-state index in [0.29, 0.717) is 5.75 Å². The van der Waals surface area contributed by atoms with Crippen LogP contribution in [0.2, 0.25) is 0 Å². The number of aryl methyl sites for hydroxylation is 2. The van der Waals surface area contributed by atoms with Crippen LogP contribution in [0, 0.1) is 13.8 Å². The Morgan fingerprint density at radius 1 is 1.00 bits per heavy atom. The molecule has 1 nitrogen and oxygen atoms in total. The van der Waals surface area contributed by atoms with Gasteiger partial charge in [0.1, 0.15) is 5.75 Å². The van der Waals surface area contributed by atoms with Crippen molar-refractivity contribution in [1.82, 2.24) is 0 Å². The number of phenolic OH excluding ortho intramolecular Hbond substituents is 1. The van der Waals surface area contributed by atoms with Crippen LogP contribution in [0.5, 0.6) is 5.75 Å². The molecular weight excluding hydrogens is 208 g/mol. The molecule has 88 valence electrons. The SMILES string of the molecule is Cc1cc(C)c(O)c([C@H](C)c2ccccc2)c1. The first-order chi connectivity index (χ1) is 8.09. The average molecular weight is 226 g/mol. The maximum absolute atomic E-state index is 10.2. The van der Waals surface area contributed by atoms with E-state index >= 15 is 0 Å². The number of hydrogen-bond acceptors (Lipinski definition) is 1. The molecule has 17 heavy (non-hydrogen) atoms. The van der Waals surface area contributed by atoms with E-state index in [2.05, 4.69) is 32.0 Å². The fourth-order valence-corrected chi connectivity index (χ4v) is 2.24. The zero-order valence-corrected chi connectivity index (χ0v) is 10.6. The van der Waals surface area contributed by atoms with Gasteiger partial charge >= 0.3 is 0 Å². The zero-order valence-electron chi connectivity index (χ0n) is 10.6. The number of rotatable bonds is 2. The van der Waals surface area contributed by atoms with Gasteiger partial charge in [-0.25, -0.2) is 0 Å². The number of aromatic hydroxyl groups is 1. The van der Waals surface area contributed by atoms with Crippen molar-refractivity contribution in [2.75, 3.05) is 0 Å². The summed E-state index contributed by atoms with van der Waals surface area (Å²) < 4.78 is 0. The highest BCUT2D eigenvalue weighted by Gasteiger charge is 2.14. The van der Waals surface area contributed by atoms with Crippen molar-refractivity contribution in [3.8, 4) is 5.75 Å². The average Bonchev–Trinajstić information content (AvgIpc) is 2.34. The minimum atomic E-state index is 0.217. The van der Waals surface area contributed by atoms with Crippen LogP contribution in [0.25, 0.3) is 0 Å². The predicted molar refractivity (Wildman–Crippen MR) is 71.5 cm³/mol. The molecule has 1 heteroatoms. The Balaban J connectivity index is 2.48. The molecule has 0 aliphatic rings. The summed E-state index contributed by atoms with van der Waals surface area (Å²) in [5.74, 6) is 0.641. The molecule has 0 spiro atoms. The van der Waals surface area contributed by atoms with E-state index in [0.717, 1.165) is 11.1 Å². The normalized spacial score (nSPS) is 12.4. The van der Waals surface area contributed by atoms with Crippen molar-refractivity contribution in [3.63, 3.8) is 0 Å². The Hall–Kier alpha value is -1.76. The van der Waals surface area contributed by atoms with Gasteiger partial charge in [0.15, 0.2) is 0 Å². The Morgan fingerprint density at radius 3 is 2.29 bits per heavy atom. The topological polar surface area (TPSA) is 20.2 Å². The van der Waals surface area contributed by atoms with Gasteiger partial charge < -0.3 is 5.11 Å². The van der Waals surface area contributed by atoms with Gasteiger partial charge in [-0.05, 0) is 25.0 Å². The van der Waals surface area contributed by atoms with Gasteiger partial charge in [-0.1, -0.05) is 55.0 Å². The minimum absolute atomic E-state index is 0.217. The Kier molecular flexibility index (Phi) is 3.19. The molecular formula is C16H18O. The summed E-state index contributed by atoms with van der Waals surface area (Å²) in [7, 11) is 0. The van der Waals surface area contributed by atoms with Crippen molar-refractivity contribution < 1.29 is 5.11 Å². The largest absolute Gasteiger partial charge is 0.507 e. The second kappa shape index (κ2) is 4.62. The van der Waals surface area contributed by atoms with E-state index in [1.54, 1.807) is 0 Å². The lowest BCUT2D eigenvalue weighted by Gasteiger charge is -2.16. The molecule has 0 saturated heterocycles. The summed E-state index contributed by atoms with van der Waals surface area (Å²) in [6.45, 7) is 6.14. The first kappa shape index (κ1) is 11.7. The summed E-state index contributed by atoms with van der Waals surface area (Å²) in [6.07, 6.45) is 0. The second-order valence-corrected chi connectivity index (χ2v) is 4.65. The van der Waals surface area contributed by atoms with Crippen LogP contribution in [0.15, 0.2) is 42.5 Å². The molecule has 0 aromatic heterocycles. The van der Waals surface area contributed by atoms with E-state index in [1.165, 1.54) is 11.1 Å². The quantitative estimate of drug-likeness (QED) is 0.815. The van der Waals surface area contributed by atoms with Crippen LogP contribution in [-0.4, -0.2) is 5.11 Å². The first-order valence-electron chi connectivity index (χ1n) is 5.94. The summed E-state index contributed by atoms with van der Waals surface area (Å²) in [6, 6.07) is 14.4. The predicted octanol–water partition coefficient (Wildman–Crippen LogP) is 4.16. The van der Waals surface area contributed by atoms with Crippen molar-refractivity contribution in [2.24, 2.45) is 0 Å². The standard InChI is InChI=1S/C16H18O/c1-11-9-12(2)16(17)15(10-11)13(3)14-7-5-4-6-8-14/h4-10,13,17H,1-3H3/t13-/m1/s1. The molecule has 0 saturated carbocycles. The van der Waals surface area contributed by atoms with Gasteiger partial charge in [0.25, 0.3) is 0 Å². The summed E-state index contributed by atoms with van der Waals surface area (Å²) in [4.78, 5) is 0. The summed E-state index contributed by atoms with van der Waals surface area (Å²) >= 11 is 0. The maximum atomic E-state index is 10.2. The van der Waals surface area contributed by atoms with Gasteiger partial charge in [-0.15, -0.1) is 0 Å². The molecule has 2 rings (SSSR count).